The van der Waals surface area contributed by atoms with Gasteiger partial charge in [0.2, 0.25) is 0 Å². The van der Waals surface area contributed by atoms with Crippen LogP contribution in [-0.4, -0.2) is 5.11 Å². The average Bonchev–Trinajstić information content (AvgIpc) is 2.22. The van der Waals surface area contributed by atoms with Crippen molar-refractivity contribution in [2.24, 2.45) is 5.73 Å². The van der Waals surface area contributed by atoms with Gasteiger partial charge in [0.15, 0.2) is 0 Å². The molecule has 0 radical (unpaired) electrons. The lowest BCUT2D eigenvalue weighted by atomic mass is 9.81. The Hall–Kier alpha value is -0.290. The summed E-state index contributed by atoms with van der Waals surface area (Å²) < 4.78 is 0.931. The molecule has 0 amide bonds. The summed E-state index contributed by atoms with van der Waals surface area (Å²) in [4.78, 5) is 0. The quantitative estimate of drug-likeness (QED) is 0.783. The third kappa shape index (κ3) is 1.87. The minimum atomic E-state index is 0.394. The second kappa shape index (κ2) is 4.29. The fourth-order valence-electron chi connectivity index (χ4n) is 2.45. The fraction of sp³-hybridized carbons (Fsp3) is 0.500. The fourth-order valence-corrected chi connectivity index (χ4v) is 3.11. The maximum absolute atomic E-state index is 9.95. The highest BCUT2D eigenvalue weighted by Crippen LogP contribution is 2.38. The maximum Gasteiger partial charge on any atom is 0.133 e. The SMILES string of the molecule is CC1CCCc2c1cc(I)c(O)c2CN. The second-order valence-corrected chi connectivity index (χ2v) is 5.41. The van der Waals surface area contributed by atoms with E-state index in [4.69, 9.17) is 5.73 Å². The van der Waals surface area contributed by atoms with Crippen molar-refractivity contribution in [1.82, 2.24) is 0 Å². The number of rotatable bonds is 1. The van der Waals surface area contributed by atoms with E-state index in [0.717, 1.165) is 15.6 Å². The molecule has 0 bridgehead atoms. The zero-order chi connectivity index (χ0) is 11.0. The van der Waals surface area contributed by atoms with Gasteiger partial charge in [-0.3, -0.25) is 0 Å². The number of fused-ring (bicyclic) bond motifs is 1. The Balaban J connectivity index is 2.63. The van der Waals surface area contributed by atoms with E-state index in [2.05, 4.69) is 35.6 Å². The van der Waals surface area contributed by atoms with Crippen molar-refractivity contribution >= 4 is 22.6 Å². The molecule has 1 aromatic carbocycles. The molecule has 0 fully saturated rings. The van der Waals surface area contributed by atoms with E-state index >= 15 is 0 Å². The summed E-state index contributed by atoms with van der Waals surface area (Å²) in [5.74, 6) is 0.999. The van der Waals surface area contributed by atoms with Crippen LogP contribution in [0.15, 0.2) is 6.07 Å². The summed E-state index contributed by atoms with van der Waals surface area (Å²) in [5, 5.41) is 9.95. The molecule has 3 heteroatoms. The minimum Gasteiger partial charge on any atom is -0.506 e. The van der Waals surface area contributed by atoms with Gasteiger partial charge in [-0.25, -0.2) is 0 Å². The largest absolute Gasteiger partial charge is 0.506 e. The predicted octanol–water partition coefficient (Wildman–Crippen LogP) is 2.90. The van der Waals surface area contributed by atoms with Gasteiger partial charge >= 0.3 is 0 Å². The Morgan fingerprint density at radius 2 is 2.33 bits per heavy atom. The Morgan fingerprint density at radius 3 is 3.00 bits per heavy atom. The molecule has 15 heavy (non-hydrogen) atoms. The number of hydrogen-bond acceptors (Lipinski definition) is 2. The van der Waals surface area contributed by atoms with Crippen LogP contribution >= 0.6 is 22.6 Å². The molecule has 1 aliphatic rings. The molecule has 1 unspecified atom stereocenters. The lowest BCUT2D eigenvalue weighted by Crippen LogP contribution is -2.13. The van der Waals surface area contributed by atoms with Crippen LogP contribution in [0.2, 0.25) is 0 Å². The van der Waals surface area contributed by atoms with Gasteiger partial charge in [0.05, 0.1) is 3.57 Å². The van der Waals surface area contributed by atoms with E-state index in [1.54, 1.807) is 0 Å². The number of benzene rings is 1. The van der Waals surface area contributed by atoms with Crippen LogP contribution in [0.4, 0.5) is 0 Å². The molecular formula is C12H16INO. The normalized spacial score (nSPS) is 20.1. The summed E-state index contributed by atoms with van der Waals surface area (Å²) in [6.07, 6.45) is 3.52. The van der Waals surface area contributed by atoms with E-state index < -0.39 is 0 Å². The third-order valence-electron chi connectivity index (χ3n) is 3.31. The minimum absolute atomic E-state index is 0.394. The molecule has 2 nitrogen and oxygen atoms in total. The Morgan fingerprint density at radius 1 is 1.60 bits per heavy atom. The predicted molar refractivity (Wildman–Crippen MR) is 70.1 cm³/mol. The summed E-state index contributed by atoms with van der Waals surface area (Å²) in [6.45, 7) is 2.70. The molecule has 2 rings (SSSR count). The number of phenolic OH excluding ortho intramolecular Hbond substituents is 1. The Kier molecular flexibility index (Phi) is 3.21. The average molecular weight is 317 g/mol. The van der Waals surface area contributed by atoms with Gasteiger partial charge in [0.25, 0.3) is 0 Å². The smallest absolute Gasteiger partial charge is 0.133 e. The van der Waals surface area contributed by atoms with E-state index in [-0.39, 0.29) is 0 Å². The molecule has 0 saturated carbocycles. The molecule has 0 spiro atoms. The molecular weight excluding hydrogens is 301 g/mol. The molecule has 1 aromatic rings. The third-order valence-corrected chi connectivity index (χ3v) is 4.13. The molecule has 1 atom stereocenters. The first-order valence-corrected chi connectivity index (χ1v) is 6.46. The highest BCUT2D eigenvalue weighted by molar-refractivity contribution is 14.1. The summed E-state index contributed by atoms with van der Waals surface area (Å²) in [5.41, 5.74) is 9.38. The van der Waals surface area contributed by atoms with Crippen LogP contribution in [0, 0.1) is 3.57 Å². The second-order valence-electron chi connectivity index (χ2n) is 4.25. The van der Waals surface area contributed by atoms with Gasteiger partial charge in [-0.05, 0) is 65.0 Å². The van der Waals surface area contributed by atoms with Gasteiger partial charge in [0.1, 0.15) is 5.75 Å². The van der Waals surface area contributed by atoms with E-state index in [9.17, 15) is 5.11 Å². The van der Waals surface area contributed by atoms with Crippen LogP contribution < -0.4 is 5.73 Å². The monoisotopic (exact) mass is 317 g/mol. The van der Waals surface area contributed by atoms with Crippen molar-refractivity contribution in [3.8, 4) is 5.75 Å². The van der Waals surface area contributed by atoms with Crippen LogP contribution in [-0.2, 0) is 13.0 Å². The highest BCUT2D eigenvalue weighted by atomic mass is 127. The Bertz CT molecular complexity index is 390. The van der Waals surface area contributed by atoms with Gasteiger partial charge in [-0.2, -0.15) is 0 Å². The van der Waals surface area contributed by atoms with Crippen LogP contribution in [0.1, 0.15) is 42.4 Å². The number of halogens is 1. The van der Waals surface area contributed by atoms with Gasteiger partial charge < -0.3 is 10.8 Å². The number of hydrogen-bond donors (Lipinski definition) is 2. The van der Waals surface area contributed by atoms with Crippen LogP contribution in [0.5, 0.6) is 5.75 Å². The number of aromatic hydroxyl groups is 1. The first-order valence-electron chi connectivity index (χ1n) is 5.38. The van der Waals surface area contributed by atoms with E-state index in [0.29, 0.717) is 18.2 Å². The van der Waals surface area contributed by atoms with Crippen molar-refractivity contribution in [2.75, 3.05) is 0 Å². The first-order chi connectivity index (χ1) is 7.15. The van der Waals surface area contributed by atoms with Crippen molar-refractivity contribution in [3.63, 3.8) is 0 Å². The summed E-state index contributed by atoms with van der Waals surface area (Å²) >= 11 is 2.18. The molecule has 1 aliphatic carbocycles. The van der Waals surface area contributed by atoms with Gasteiger partial charge in [0, 0.05) is 12.1 Å². The molecule has 0 aliphatic heterocycles. The lowest BCUT2D eigenvalue weighted by molar-refractivity contribution is 0.460. The Labute approximate surface area is 104 Å². The summed E-state index contributed by atoms with van der Waals surface area (Å²) in [6, 6.07) is 2.12. The molecule has 0 heterocycles. The number of phenols is 1. The summed E-state index contributed by atoms with van der Waals surface area (Å²) in [7, 11) is 0. The molecule has 82 valence electrons. The standard InChI is InChI=1S/C12H16INO/c1-7-3-2-4-8-9(7)5-11(13)12(15)10(8)6-14/h5,7,15H,2-4,6,14H2,1H3. The molecule has 3 N–H and O–H groups in total. The van der Waals surface area contributed by atoms with Gasteiger partial charge in [-0.1, -0.05) is 6.92 Å². The van der Waals surface area contributed by atoms with E-state index in [1.165, 1.54) is 24.0 Å². The number of nitrogens with two attached hydrogens (primary N) is 1. The molecule has 0 saturated heterocycles. The zero-order valence-electron chi connectivity index (χ0n) is 8.89. The first kappa shape index (κ1) is 11.2. The van der Waals surface area contributed by atoms with Crippen molar-refractivity contribution in [1.29, 1.82) is 0 Å². The highest BCUT2D eigenvalue weighted by Gasteiger charge is 2.22. The van der Waals surface area contributed by atoms with Crippen LogP contribution in [0.3, 0.4) is 0 Å². The van der Waals surface area contributed by atoms with E-state index in [1.807, 2.05) is 0 Å². The van der Waals surface area contributed by atoms with Gasteiger partial charge in [-0.15, -0.1) is 0 Å². The van der Waals surface area contributed by atoms with Crippen molar-refractivity contribution in [2.45, 2.75) is 38.6 Å². The topological polar surface area (TPSA) is 46.2 Å². The van der Waals surface area contributed by atoms with Crippen LogP contribution in [0.25, 0.3) is 0 Å². The van der Waals surface area contributed by atoms with Crippen molar-refractivity contribution in [3.05, 3.63) is 26.3 Å². The maximum atomic E-state index is 9.95. The lowest BCUT2D eigenvalue weighted by Gasteiger charge is -2.25. The zero-order valence-corrected chi connectivity index (χ0v) is 11.0. The van der Waals surface area contributed by atoms with Crippen molar-refractivity contribution < 1.29 is 5.11 Å². The molecule has 0 aromatic heterocycles.